The monoisotopic (exact) mass is 277 g/mol. The van der Waals surface area contributed by atoms with E-state index in [-0.39, 0.29) is 16.7 Å². The zero-order chi connectivity index (χ0) is 14.0. The molecule has 19 heavy (non-hydrogen) atoms. The van der Waals surface area contributed by atoms with E-state index in [1.165, 1.54) is 0 Å². The van der Waals surface area contributed by atoms with Gasteiger partial charge in [0.2, 0.25) is 0 Å². The van der Waals surface area contributed by atoms with E-state index in [1.807, 2.05) is 33.0 Å². The Hall–Kier alpha value is -1.95. The molecule has 1 aromatic carbocycles. The molecule has 0 aliphatic heterocycles. The van der Waals surface area contributed by atoms with Gasteiger partial charge in [0, 0.05) is 17.1 Å². The van der Waals surface area contributed by atoms with Crippen molar-refractivity contribution in [3.8, 4) is 0 Å². The van der Waals surface area contributed by atoms with Gasteiger partial charge in [0.15, 0.2) is 0 Å². The van der Waals surface area contributed by atoms with Gasteiger partial charge in [-0.05, 0) is 32.4 Å². The van der Waals surface area contributed by atoms with Gasteiger partial charge in [-0.3, -0.25) is 10.1 Å². The second kappa shape index (κ2) is 5.36. The summed E-state index contributed by atoms with van der Waals surface area (Å²) in [5.74, 6) is 0. The lowest BCUT2D eigenvalue weighted by molar-refractivity contribution is -0.384. The lowest BCUT2D eigenvalue weighted by atomic mass is 10.2. The van der Waals surface area contributed by atoms with Crippen LogP contribution in [0.2, 0.25) is 0 Å². The molecule has 5 nitrogen and oxygen atoms in total. The maximum atomic E-state index is 11.0. The number of hydrogen-bond donors (Lipinski definition) is 1. The molecule has 0 spiro atoms. The maximum absolute atomic E-state index is 11.0. The summed E-state index contributed by atoms with van der Waals surface area (Å²) in [4.78, 5) is 16.1. The quantitative estimate of drug-likeness (QED) is 0.681. The number of nitrogens with zero attached hydrogens (tertiary/aromatic N) is 2. The zero-order valence-corrected chi connectivity index (χ0v) is 11.8. The van der Waals surface area contributed by atoms with Crippen molar-refractivity contribution in [3.63, 3.8) is 0 Å². The molecule has 6 heteroatoms. The largest absolute Gasteiger partial charge is 0.371 e. The number of nitrogens with one attached hydrogen (secondary N) is 1. The Morgan fingerprint density at radius 3 is 2.74 bits per heavy atom. The van der Waals surface area contributed by atoms with Crippen LogP contribution < -0.4 is 5.32 Å². The van der Waals surface area contributed by atoms with Crippen LogP contribution in [0.25, 0.3) is 0 Å². The molecule has 1 heterocycles. The predicted molar refractivity (Wildman–Crippen MR) is 76.7 cm³/mol. The van der Waals surface area contributed by atoms with E-state index >= 15 is 0 Å². The SMILES string of the molecule is Cc1ccc(NC(C)c2ncc(C)s2)c([N+](=O)[O-])c1. The Morgan fingerprint density at radius 2 is 2.16 bits per heavy atom. The fraction of sp³-hybridized carbons (Fsp3) is 0.308. The van der Waals surface area contributed by atoms with Crippen LogP contribution in [-0.2, 0) is 0 Å². The molecule has 0 fully saturated rings. The fourth-order valence-corrected chi connectivity index (χ4v) is 2.56. The third-order valence-electron chi connectivity index (χ3n) is 2.73. The molecule has 2 rings (SSSR count). The first kappa shape index (κ1) is 13.5. The highest BCUT2D eigenvalue weighted by atomic mass is 32.1. The summed E-state index contributed by atoms with van der Waals surface area (Å²) < 4.78 is 0. The molecule has 100 valence electrons. The van der Waals surface area contributed by atoms with Crippen LogP contribution in [0.5, 0.6) is 0 Å². The van der Waals surface area contributed by atoms with Crippen molar-refractivity contribution >= 4 is 22.7 Å². The van der Waals surface area contributed by atoms with Gasteiger partial charge in [0.05, 0.1) is 11.0 Å². The van der Waals surface area contributed by atoms with Crippen LogP contribution in [0.3, 0.4) is 0 Å². The molecular weight excluding hydrogens is 262 g/mol. The first-order chi connectivity index (χ1) is 8.97. The van der Waals surface area contributed by atoms with Gasteiger partial charge in [-0.25, -0.2) is 4.98 Å². The zero-order valence-electron chi connectivity index (χ0n) is 11.0. The molecule has 0 saturated carbocycles. The number of benzene rings is 1. The van der Waals surface area contributed by atoms with Crippen LogP contribution in [0, 0.1) is 24.0 Å². The van der Waals surface area contributed by atoms with E-state index in [0.29, 0.717) is 5.69 Å². The van der Waals surface area contributed by atoms with Crippen LogP contribution in [0.1, 0.15) is 28.4 Å². The van der Waals surface area contributed by atoms with Crippen molar-refractivity contribution in [2.75, 3.05) is 5.32 Å². The Bertz CT molecular complexity index is 610. The van der Waals surface area contributed by atoms with Crippen LogP contribution in [0.15, 0.2) is 24.4 Å². The second-order valence-electron chi connectivity index (χ2n) is 4.45. The number of nitro benzene ring substituents is 1. The van der Waals surface area contributed by atoms with Crippen molar-refractivity contribution < 1.29 is 4.92 Å². The number of hydrogen-bond acceptors (Lipinski definition) is 5. The highest BCUT2D eigenvalue weighted by molar-refractivity contribution is 7.11. The number of aryl methyl sites for hydroxylation is 2. The highest BCUT2D eigenvalue weighted by Crippen LogP contribution is 2.30. The fourth-order valence-electron chi connectivity index (χ4n) is 1.78. The third kappa shape index (κ3) is 3.08. The summed E-state index contributed by atoms with van der Waals surface area (Å²) in [6.07, 6.45) is 1.81. The normalized spacial score (nSPS) is 12.2. The van der Waals surface area contributed by atoms with E-state index in [0.717, 1.165) is 15.4 Å². The number of aromatic nitrogens is 1. The molecule has 0 aliphatic rings. The molecule has 0 saturated heterocycles. The second-order valence-corrected chi connectivity index (χ2v) is 5.72. The minimum absolute atomic E-state index is 0.0555. The molecule has 0 aliphatic carbocycles. The smallest absolute Gasteiger partial charge is 0.292 e. The molecule has 1 unspecified atom stereocenters. The number of rotatable bonds is 4. The lowest BCUT2D eigenvalue weighted by Gasteiger charge is -2.13. The summed E-state index contributed by atoms with van der Waals surface area (Å²) in [5.41, 5.74) is 1.49. The molecule has 1 atom stereocenters. The summed E-state index contributed by atoms with van der Waals surface area (Å²) in [6, 6.07) is 5.11. The first-order valence-electron chi connectivity index (χ1n) is 5.91. The standard InChI is InChI=1S/C13H15N3O2S/c1-8-4-5-11(12(6-8)16(17)18)15-10(3)13-14-7-9(2)19-13/h4-7,10,15H,1-3H3. The van der Waals surface area contributed by atoms with Crippen molar-refractivity contribution in [1.29, 1.82) is 0 Å². The van der Waals surface area contributed by atoms with Gasteiger partial charge in [-0.1, -0.05) is 6.07 Å². The van der Waals surface area contributed by atoms with Crippen molar-refractivity contribution in [1.82, 2.24) is 4.98 Å². The van der Waals surface area contributed by atoms with Gasteiger partial charge in [-0.2, -0.15) is 0 Å². The Balaban J connectivity index is 2.26. The highest BCUT2D eigenvalue weighted by Gasteiger charge is 2.17. The molecule has 0 amide bonds. The van der Waals surface area contributed by atoms with E-state index in [9.17, 15) is 10.1 Å². The van der Waals surface area contributed by atoms with Crippen LogP contribution in [0.4, 0.5) is 11.4 Å². The van der Waals surface area contributed by atoms with E-state index in [1.54, 1.807) is 23.5 Å². The van der Waals surface area contributed by atoms with Gasteiger partial charge in [-0.15, -0.1) is 11.3 Å². The van der Waals surface area contributed by atoms with Crippen molar-refractivity contribution in [2.24, 2.45) is 0 Å². The molecule has 0 bridgehead atoms. The molecular formula is C13H15N3O2S. The van der Waals surface area contributed by atoms with Gasteiger partial charge in [0.25, 0.3) is 5.69 Å². The lowest BCUT2D eigenvalue weighted by Crippen LogP contribution is -2.08. The van der Waals surface area contributed by atoms with Gasteiger partial charge < -0.3 is 5.32 Å². The van der Waals surface area contributed by atoms with Crippen LogP contribution >= 0.6 is 11.3 Å². The summed E-state index contributed by atoms with van der Waals surface area (Å²) in [5, 5.41) is 15.1. The Labute approximate surface area is 115 Å². The average Bonchev–Trinajstić information content (AvgIpc) is 2.78. The first-order valence-corrected chi connectivity index (χ1v) is 6.73. The summed E-state index contributed by atoms with van der Waals surface area (Å²) in [6.45, 7) is 5.77. The van der Waals surface area contributed by atoms with Gasteiger partial charge >= 0.3 is 0 Å². The van der Waals surface area contributed by atoms with Crippen LogP contribution in [-0.4, -0.2) is 9.91 Å². The molecule has 1 aromatic heterocycles. The number of thiazole rings is 1. The van der Waals surface area contributed by atoms with E-state index in [2.05, 4.69) is 10.3 Å². The van der Waals surface area contributed by atoms with Crippen molar-refractivity contribution in [3.05, 3.63) is 50.0 Å². The van der Waals surface area contributed by atoms with E-state index < -0.39 is 0 Å². The summed E-state index contributed by atoms with van der Waals surface area (Å²) in [7, 11) is 0. The predicted octanol–water partition coefficient (Wildman–Crippen LogP) is 3.84. The number of nitro groups is 1. The minimum Gasteiger partial charge on any atom is -0.371 e. The van der Waals surface area contributed by atoms with Crippen molar-refractivity contribution in [2.45, 2.75) is 26.8 Å². The molecule has 2 aromatic rings. The maximum Gasteiger partial charge on any atom is 0.292 e. The molecule has 1 N–H and O–H groups in total. The Morgan fingerprint density at radius 1 is 1.42 bits per heavy atom. The topological polar surface area (TPSA) is 68.1 Å². The Kier molecular flexibility index (Phi) is 3.80. The molecule has 0 radical (unpaired) electrons. The third-order valence-corrected chi connectivity index (χ3v) is 3.83. The number of anilines is 1. The summed E-state index contributed by atoms with van der Waals surface area (Å²) >= 11 is 1.59. The average molecular weight is 277 g/mol. The minimum atomic E-state index is -0.366. The van der Waals surface area contributed by atoms with Gasteiger partial charge in [0.1, 0.15) is 10.7 Å². The van der Waals surface area contributed by atoms with E-state index in [4.69, 9.17) is 0 Å².